The van der Waals surface area contributed by atoms with Crippen LogP contribution in [0.1, 0.15) is 27.2 Å². The predicted molar refractivity (Wildman–Crippen MR) is 60.9 cm³/mol. The van der Waals surface area contributed by atoms with Gasteiger partial charge in [-0.15, -0.1) is 0 Å². The van der Waals surface area contributed by atoms with Gasteiger partial charge in [0.1, 0.15) is 0 Å². The lowest BCUT2D eigenvalue weighted by molar-refractivity contribution is 0.720. The molecule has 1 nitrogen and oxygen atoms in total. The topological polar surface area (TPSA) is 12.0 Å². The second-order valence-corrected chi connectivity index (χ2v) is 3.44. The molecular formula is C12H21N. The minimum absolute atomic E-state index is 0.890. The predicted octanol–water partition coefficient (Wildman–Crippen LogP) is 3.06. The van der Waals surface area contributed by atoms with Crippen molar-refractivity contribution in [1.29, 1.82) is 0 Å². The summed E-state index contributed by atoms with van der Waals surface area (Å²) in [4.78, 5) is 0. The SMILES string of the molecule is C=C(/C=C\C=C(C)C)CNCCC. The van der Waals surface area contributed by atoms with Crippen LogP contribution in [0.3, 0.4) is 0 Å². The minimum atomic E-state index is 0.890. The Kier molecular flexibility index (Phi) is 7.32. The zero-order valence-corrected chi connectivity index (χ0v) is 9.06. The van der Waals surface area contributed by atoms with Gasteiger partial charge in [0.2, 0.25) is 0 Å². The molecule has 0 heterocycles. The Bertz CT molecular complexity index is 195. The Morgan fingerprint density at radius 2 is 2.08 bits per heavy atom. The molecule has 0 fully saturated rings. The molecule has 74 valence electrons. The van der Waals surface area contributed by atoms with E-state index in [1.165, 1.54) is 12.0 Å². The summed E-state index contributed by atoms with van der Waals surface area (Å²) in [6.07, 6.45) is 7.36. The molecule has 0 amide bonds. The van der Waals surface area contributed by atoms with Crippen LogP contribution in [0.4, 0.5) is 0 Å². The van der Waals surface area contributed by atoms with Gasteiger partial charge in [0.15, 0.2) is 0 Å². The van der Waals surface area contributed by atoms with E-state index < -0.39 is 0 Å². The van der Waals surface area contributed by atoms with Crippen molar-refractivity contribution in [3.63, 3.8) is 0 Å². The number of allylic oxidation sites excluding steroid dienone is 3. The molecule has 0 saturated heterocycles. The van der Waals surface area contributed by atoms with Crippen molar-refractivity contribution in [2.75, 3.05) is 13.1 Å². The second-order valence-electron chi connectivity index (χ2n) is 3.44. The molecule has 0 radical (unpaired) electrons. The van der Waals surface area contributed by atoms with E-state index in [1.807, 2.05) is 6.08 Å². The molecule has 1 heteroatoms. The number of rotatable bonds is 6. The molecule has 0 bridgehead atoms. The smallest absolute Gasteiger partial charge is 0.0199 e. The zero-order valence-electron chi connectivity index (χ0n) is 9.06. The summed E-state index contributed by atoms with van der Waals surface area (Å²) in [5, 5.41) is 3.30. The Balaban J connectivity index is 3.62. The lowest BCUT2D eigenvalue weighted by atomic mass is 10.2. The van der Waals surface area contributed by atoms with Crippen molar-refractivity contribution < 1.29 is 0 Å². The standard InChI is InChI=1S/C12H21N/c1-5-9-13-10-12(4)8-6-7-11(2)3/h6-8,13H,4-5,9-10H2,1-3H3/b8-6-. The van der Waals surface area contributed by atoms with Gasteiger partial charge in [0, 0.05) is 6.54 Å². The summed E-state index contributed by atoms with van der Waals surface area (Å²) in [5.41, 5.74) is 2.44. The molecule has 13 heavy (non-hydrogen) atoms. The lowest BCUT2D eigenvalue weighted by Gasteiger charge is -2.00. The maximum absolute atomic E-state index is 3.94. The van der Waals surface area contributed by atoms with Gasteiger partial charge in [-0.3, -0.25) is 0 Å². The first kappa shape index (κ1) is 12.2. The largest absolute Gasteiger partial charge is 0.313 e. The quantitative estimate of drug-likeness (QED) is 0.488. The molecule has 0 aliphatic rings. The van der Waals surface area contributed by atoms with Crippen molar-refractivity contribution in [2.45, 2.75) is 27.2 Å². The van der Waals surface area contributed by atoms with E-state index in [2.05, 4.69) is 44.8 Å². The van der Waals surface area contributed by atoms with Gasteiger partial charge in [0.25, 0.3) is 0 Å². The van der Waals surface area contributed by atoms with E-state index in [0.29, 0.717) is 0 Å². The number of hydrogen-bond acceptors (Lipinski definition) is 1. The van der Waals surface area contributed by atoms with Crippen LogP contribution in [0.25, 0.3) is 0 Å². The van der Waals surface area contributed by atoms with Gasteiger partial charge < -0.3 is 5.32 Å². The fourth-order valence-electron chi connectivity index (χ4n) is 0.861. The summed E-state index contributed by atoms with van der Waals surface area (Å²) >= 11 is 0. The summed E-state index contributed by atoms with van der Waals surface area (Å²) < 4.78 is 0. The summed E-state index contributed by atoms with van der Waals surface area (Å²) in [5.74, 6) is 0. The van der Waals surface area contributed by atoms with Gasteiger partial charge in [-0.2, -0.15) is 0 Å². The fourth-order valence-corrected chi connectivity index (χ4v) is 0.861. The molecule has 0 unspecified atom stereocenters. The molecule has 0 aliphatic heterocycles. The minimum Gasteiger partial charge on any atom is -0.313 e. The molecule has 0 rings (SSSR count). The summed E-state index contributed by atoms with van der Waals surface area (Å²) in [6.45, 7) is 12.2. The van der Waals surface area contributed by atoms with E-state index >= 15 is 0 Å². The first-order chi connectivity index (χ1) is 6.16. The molecule has 1 N–H and O–H groups in total. The van der Waals surface area contributed by atoms with Crippen molar-refractivity contribution in [2.24, 2.45) is 0 Å². The van der Waals surface area contributed by atoms with Crippen LogP contribution in [0.15, 0.2) is 36.0 Å². The maximum atomic E-state index is 3.94. The highest BCUT2D eigenvalue weighted by Gasteiger charge is 1.86. The molecule has 0 atom stereocenters. The molecule has 0 aromatic carbocycles. The Morgan fingerprint density at radius 3 is 2.62 bits per heavy atom. The van der Waals surface area contributed by atoms with Crippen LogP contribution >= 0.6 is 0 Å². The van der Waals surface area contributed by atoms with Crippen molar-refractivity contribution >= 4 is 0 Å². The van der Waals surface area contributed by atoms with E-state index in [1.54, 1.807) is 0 Å². The van der Waals surface area contributed by atoms with E-state index in [4.69, 9.17) is 0 Å². The average molecular weight is 179 g/mol. The Morgan fingerprint density at radius 1 is 1.38 bits per heavy atom. The van der Waals surface area contributed by atoms with E-state index in [0.717, 1.165) is 18.7 Å². The molecular weight excluding hydrogens is 158 g/mol. The maximum Gasteiger partial charge on any atom is 0.0199 e. The second kappa shape index (κ2) is 7.81. The molecule has 0 aromatic rings. The van der Waals surface area contributed by atoms with Gasteiger partial charge in [-0.1, -0.05) is 37.3 Å². The van der Waals surface area contributed by atoms with E-state index in [-0.39, 0.29) is 0 Å². The van der Waals surface area contributed by atoms with Crippen molar-refractivity contribution in [1.82, 2.24) is 5.32 Å². The summed E-state index contributed by atoms with van der Waals surface area (Å²) in [7, 11) is 0. The van der Waals surface area contributed by atoms with Gasteiger partial charge >= 0.3 is 0 Å². The Labute approximate surface area is 82.2 Å². The molecule has 0 aliphatic carbocycles. The zero-order chi connectivity index (χ0) is 10.1. The highest BCUT2D eigenvalue weighted by Crippen LogP contribution is 1.94. The number of hydrogen-bond donors (Lipinski definition) is 1. The third-order valence-corrected chi connectivity index (χ3v) is 1.54. The van der Waals surface area contributed by atoms with Crippen LogP contribution in [-0.2, 0) is 0 Å². The number of nitrogens with one attached hydrogen (secondary N) is 1. The normalized spacial score (nSPS) is 10.4. The monoisotopic (exact) mass is 179 g/mol. The fraction of sp³-hybridized carbons (Fsp3) is 0.500. The third kappa shape index (κ3) is 9.09. The van der Waals surface area contributed by atoms with Crippen molar-refractivity contribution in [3.8, 4) is 0 Å². The van der Waals surface area contributed by atoms with Gasteiger partial charge in [-0.25, -0.2) is 0 Å². The highest BCUT2D eigenvalue weighted by molar-refractivity contribution is 5.21. The van der Waals surface area contributed by atoms with E-state index in [9.17, 15) is 0 Å². The highest BCUT2D eigenvalue weighted by atomic mass is 14.8. The van der Waals surface area contributed by atoms with Crippen LogP contribution in [0.2, 0.25) is 0 Å². The van der Waals surface area contributed by atoms with Gasteiger partial charge in [-0.05, 0) is 32.4 Å². The third-order valence-electron chi connectivity index (χ3n) is 1.54. The van der Waals surface area contributed by atoms with Crippen LogP contribution in [0.5, 0.6) is 0 Å². The van der Waals surface area contributed by atoms with Gasteiger partial charge in [0.05, 0.1) is 0 Å². The Hall–Kier alpha value is -0.820. The van der Waals surface area contributed by atoms with Crippen molar-refractivity contribution in [3.05, 3.63) is 36.0 Å². The first-order valence-corrected chi connectivity index (χ1v) is 4.87. The molecule has 0 spiro atoms. The first-order valence-electron chi connectivity index (χ1n) is 4.87. The van der Waals surface area contributed by atoms with Crippen LogP contribution in [-0.4, -0.2) is 13.1 Å². The van der Waals surface area contributed by atoms with Crippen LogP contribution in [0, 0.1) is 0 Å². The summed E-state index contributed by atoms with van der Waals surface area (Å²) in [6, 6.07) is 0. The lowest BCUT2D eigenvalue weighted by Crippen LogP contribution is -2.16. The van der Waals surface area contributed by atoms with Crippen LogP contribution < -0.4 is 5.32 Å². The average Bonchev–Trinajstić information content (AvgIpc) is 2.04. The molecule has 0 saturated carbocycles. The molecule has 0 aromatic heterocycles.